The van der Waals surface area contributed by atoms with Gasteiger partial charge >= 0.3 is 6.18 Å². The van der Waals surface area contributed by atoms with E-state index in [0.29, 0.717) is 12.4 Å². The van der Waals surface area contributed by atoms with E-state index >= 15 is 0 Å². The van der Waals surface area contributed by atoms with Gasteiger partial charge in [-0.25, -0.2) is 0 Å². The van der Waals surface area contributed by atoms with Crippen LogP contribution in [0.3, 0.4) is 0 Å². The topological polar surface area (TPSA) is 58.4 Å². The molecule has 2 aromatic rings. The summed E-state index contributed by atoms with van der Waals surface area (Å²) in [6, 6.07) is 3.43. The summed E-state index contributed by atoms with van der Waals surface area (Å²) in [5.41, 5.74) is 0.0869. The van der Waals surface area contributed by atoms with Crippen LogP contribution in [-0.2, 0) is 6.18 Å². The fourth-order valence-electron chi connectivity index (χ4n) is 2.21. The Morgan fingerprint density at radius 3 is 2.65 bits per heavy atom. The largest absolute Gasteiger partial charge is 0.453 e. The van der Waals surface area contributed by atoms with Gasteiger partial charge in [-0.3, -0.25) is 0 Å². The van der Waals surface area contributed by atoms with Gasteiger partial charge < -0.3 is 10.2 Å². The van der Waals surface area contributed by atoms with Gasteiger partial charge in [0, 0.05) is 19.6 Å². The molecule has 1 fully saturated rings. The van der Waals surface area contributed by atoms with Crippen molar-refractivity contribution in [2.45, 2.75) is 19.1 Å². The minimum atomic E-state index is -4.57. The van der Waals surface area contributed by atoms with E-state index in [1.165, 1.54) is 6.07 Å². The molecule has 0 unspecified atom stereocenters. The van der Waals surface area contributed by atoms with Gasteiger partial charge in [-0.15, -0.1) is 15.3 Å². The van der Waals surface area contributed by atoms with Gasteiger partial charge in [0.15, 0.2) is 5.65 Å². The summed E-state index contributed by atoms with van der Waals surface area (Å²) in [7, 11) is 0. The molecule has 6 nitrogen and oxygen atoms in total. The molecule has 0 aromatic carbocycles. The molecule has 108 valence electrons. The first-order valence-corrected chi connectivity index (χ1v) is 6.27. The van der Waals surface area contributed by atoms with E-state index in [1.54, 1.807) is 6.07 Å². The van der Waals surface area contributed by atoms with Gasteiger partial charge in [-0.2, -0.15) is 17.7 Å². The highest BCUT2D eigenvalue weighted by Crippen LogP contribution is 2.28. The van der Waals surface area contributed by atoms with Crippen molar-refractivity contribution in [2.24, 2.45) is 0 Å². The van der Waals surface area contributed by atoms with Gasteiger partial charge in [0.2, 0.25) is 0 Å². The summed E-state index contributed by atoms with van der Waals surface area (Å²) in [5, 5.41) is 13.8. The lowest BCUT2D eigenvalue weighted by Gasteiger charge is -2.38. The maximum Gasteiger partial charge on any atom is 0.453 e. The number of aromatic nitrogens is 4. The molecule has 1 saturated heterocycles. The zero-order valence-electron chi connectivity index (χ0n) is 10.7. The Morgan fingerprint density at radius 1 is 1.35 bits per heavy atom. The Labute approximate surface area is 112 Å². The summed E-state index contributed by atoms with van der Waals surface area (Å²) in [6.45, 7) is 4.24. The highest BCUT2D eigenvalue weighted by Gasteiger charge is 2.38. The Balaban J connectivity index is 2.04. The molecule has 0 bridgehead atoms. The molecule has 1 aliphatic heterocycles. The van der Waals surface area contributed by atoms with E-state index in [9.17, 15) is 13.2 Å². The average molecular weight is 286 g/mol. The number of hydrogen-bond donors (Lipinski definition) is 1. The predicted octanol–water partition coefficient (Wildman–Crippen LogP) is 0.941. The number of hydrogen-bond acceptors (Lipinski definition) is 5. The predicted molar refractivity (Wildman–Crippen MR) is 65.5 cm³/mol. The fourth-order valence-corrected chi connectivity index (χ4v) is 2.21. The lowest BCUT2D eigenvalue weighted by molar-refractivity contribution is -0.146. The van der Waals surface area contributed by atoms with Crippen LogP contribution < -0.4 is 10.2 Å². The summed E-state index contributed by atoms with van der Waals surface area (Å²) < 4.78 is 39.2. The number of nitrogens with one attached hydrogen (secondary N) is 1. The maximum atomic E-state index is 12.8. The van der Waals surface area contributed by atoms with E-state index in [4.69, 9.17) is 0 Å². The van der Waals surface area contributed by atoms with Crippen LogP contribution in [0.1, 0.15) is 12.7 Å². The lowest BCUT2D eigenvalue weighted by atomic mass is 10.1. The van der Waals surface area contributed by atoms with Crippen LogP contribution in [0.5, 0.6) is 0 Å². The van der Waals surface area contributed by atoms with Crippen LogP contribution in [0.4, 0.5) is 19.0 Å². The third-order valence-electron chi connectivity index (χ3n) is 3.34. The number of likely N-dealkylation sites (N-methyl/N-ethyl adjacent to an activating group) is 1. The Kier molecular flexibility index (Phi) is 3.00. The zero-order chi connectivity index (χ0) is 14.3. The molecule has 2 aromatic heterocycles. The van der Waals surface area contributed by atoms with Gasteiger partial charge in [0.05, 0.1) is 6.04 Å². The number of nitrogens with zero attached hydrogens (tertiary/aromatic N) is 5. The number of rotatable bonds is 3. The summed E-state index contributed by atoms with van der Waals surface area (Å²) >= 11 is 0. The quantitative estimate of drug-likeness (QED) is 0.910. The number of fused-ring (bicyclic) bond motifs is 1. The first-order valence-electron chi connectivity index (χ1n) is 6.27. The number of halogens is 3. The molecule has 0 spiro atoms. The van der Waals surface area contributed by atoms with Crippen LogP contribution >= 0.6 is 0 Å². The van der Waals surface area contributed by atoms with Crippen LogP contribution in [0.25, 0.3) is 5.65 Å². The number of anilines is 1. The standard InChI is InChI=1S/C11H13F3N6/c1-2-19(7-5-15-6-7)9-4-3-8-16-17-10(11(12,13)14)20(8)18-9/h3-4,7,15H,2,5-6H2,1H3. The maximum absolute atomic E-state index is 12.8. The zero-order valence-corrected chi connectivity index (χ0v) is 10.7. The second kappa shape index (κ2) is 4.58. The van der Waals surface area contributed by atoms with Gasteiger partial charge in [0.25, 0.3) is 5.82 Å². The molecule has 9 heteroatoms. The minimum absolute atomic E-state index is 0.0869. The molecule has 1 aliphatic rings. The Bertz CT molecular complexity index is 618. The molecule has 0 atom stereocenters. The van der Waals surface area contributed by atoms with E-state index in [0.717, 1.165) is 17.6 Å². The molecular weight excluding hydrogens is 273 g/mol. The van der Waals surface area contributed by atoms with Crippen LogP contribution in [0.2, 0.25) is 0 Å². The van der Waals surface area contributed by atoms with E-state index in [1.807, 2.05) is 11.8 Å². The Hall–Kier alpha value is -1.90. The van der Waals surface area contributed by atoms with Crippen LogP contribution in [0, 0.1) is 0 Å². The molecule has 0 aliphatic carbocycles. The van der Waals surface area contributed by atoms with Crippen molar-refractivity contribution in [3.63, 3.8) is 0 Å². The molecule has 0 amide bonds. The average Bonchev–Trinajstić information content (AvgIpc) is 2.75. The molecule has 0 saturated carbocycles. The summed E-state index contributed by atoms with van der Waals surface area (Å²) in [4.78, 5) is 1.97. The van der Waals surface area contributed by atoms with Crippen molar-refractivity contribution >= 4 is 11.5 Å². The highest BCUT2D eigenvalue weighted by molar-refractivity contribution is 5.47. The van der Waals surface area contributed by atoms with Crippen LogP contribution in [0.15, 0.2) is 12.1 Å². The second-order valence-corrected chi connectivity index (χ2v) is 4.58. The van der Waals surface area contributed by atoms with Crippen LogP contribution in [-0.4, -0.2) is 45.5 Å². The lowest BCUT2D eigenvalue weighted by Crippen LogP contribution is -2.57. The van der Waals surface area contributed by atoms with E-state index in [2.05, 4.69) is 20.6 Å². The van der Waals surface area contributed by atoms with Gasteiger partial charge in [-0.1, -0.05) is 0 Å². The highest BCUT2D eigenvalue weighted by atomic mass is 19.4. The second-order valence-electron chi connectivity index (χ2n) is 4.58. The third-order valence-corrected chi connectivity index (χ3v) is 3.34. The Morgan fingerprint density at radius 2 is 2.10 bits per heavy atom. The monoisotopic (exact) mass is 286 g/mol. The van der Waals surface area contributed by atoms with Crippen molar-refractivity contribution in [3.05, 3.63) is 18.0 Å². The molecule has 0 radical (unpaired) electrons. The molecule has 20 heavy (non-hydrogen) atoms. The van der Waals surface area contributed by atoms with Crippen molar-refractivity contribution in [1.82, 2.24) is 25.1 Å². The molecule has 1 N–H and O–H groups in total. The molecule has 3 heterocycles. The van der Waals surface area contributed by atoms with Crippen molar-refractivity contribution in [1.29, 1.82) is 0 Å². The minimum Gasteiger partial charge on any atom is -0.350 e. The van der Waals surface area contributed by atoms with Crippen molar-refractivity contribution in [3.8, 4) is 0 Å². The smallest absolute Gasteiger partial charge is 0.350 e. The van der Waals surface area contributed by atoms with Crippen molar-refractivity contribution < 1.29 is 13.2 Å². The molecular formula is C11H13F3N6. The first kappa shape index (κ1) is 13.1. The van der Waals surface area contributed by atoms with Crippen molar-refractivity contribution in [2.75, 3.05) is 24.5 Å². The third kappa shape index (κ3) is 2.07. The van der Waals surface area contributed by atoms with E-state index < -0.39 is 12.0 Å². The van der Waals surface area contributed by atoms with E-state index in [-0.39, 0.29) is 11.7 Å². The SMILES string of the molecule is CCN(c1ccc2nnc(C(F)(F)F)n2n1)C1CNC1. The number of alkyl halides is 3. The summed E-state index contributed by atoms with van der Waals surface area (Å²) in [5.74, 6) is -0.603. The fraction of sp³-hybridized carbons (Fsp3) is 0.545. The van der Waals surface area contributed by atoms with Gasteiger partial charge in [0.1, 0.15) is 5.82 Å². The first-order chi connectivity index (χ1) is 9.50. The van der Waals surface area contributed by atoms with Gasteiger partial charge in [-0.05, 0) is 19.1 Å². The summed E-state index contributed by atoms with van der Waals surface area (Å²) in [6.07, 6.45) is -4.57. The molecule has 3 rings (SSSR count). The normalized spacial score (nSPS) is 16.4.